The molecular formula is C13H22BrNO2S2. The van der Waals surface area contributed by atoms with Crippen molar-refractivity contribution >= 4 is 37.3 Å². The van der Waals surface area contributed by atoms with Gasteiger partial charge in [-0.15, -0.1) is 11.3 Å². The smallest absolute Gasteiger partial charge is 0.209 e. The van der Waals surface area contributed by atoms with Crippen LogP contribution in [0.2, 0.25) is 0 Å². The van der Waals surface area contributed by atoms with Crippen LogP contribution in [-0.2, 0) is 16.4 Å². The summed E-state index contributed by atoms with van der Waals surface area (Å²) in [5.74, 6) is 0. The molecule has 0 aromatic carbocycles. The SMILES string of the molecule is CCc1ccc(S(=O)(=O)NCC(Br)CC(C)(C)C)s1. The van der Waals surface area contributed by atoms with E-state index in [-0.39, 0.29) is 10.2 Å². The first-order valence-electron chi connectivity index (χ1n) is 6.36. The number of hydrogen-bond donors (Lipinski definition) is 1. The van der Waals surface area contributed by atoms with E-state index in [0.29, 0.717) is 10.8 Å². The molecule has 1 rings (SSSR count). The molecule has 0 saturated carbocycles. The molecule has 0 fully saturated rings. The van der Waals surface area contributed by atoms with Gasteiger partial charge in [0.1, 0.15) is 4.21 Å². The van der Waals surface area contributed by atoms with Crippen LogP contribution in [-0.4, -0.2) is 19.8 Å². The summed E-state index contributed by atoms with van der Waals surface area (Å²) in [6.45, 7) is 8.86. The summed E-state index contributed by atoms with van der Waals surface area (Å²) >= 11 is 4.87. The van der Waals surface area contributed by atoms with Crippen molar-refractivity contribution in [1.29, 1.82) is 0 Å². The summed E-state index contributed by atoms with van der Waals surface area (Å²) in [7, 11) is -3.36. The topological polar surface area (TPSA) is 46.2 Å². The normalized spacial score (nSPS) is 14.6. The lowest BCUT2D eigenvalue weighted by atomic mass is 9.91. The molecule has 0 amide bonds. The zero-order valence-corrected chi connectivity index (χ0v) is 15.1. The Morgan fingerprint density at radius 3 is 2.47 bits per heavy atom. The van der Waals surface area contributed by atoms with Gasteiger partial charge in [0, 0.05) is 16.2 Å². The van der Waals surface area contributed by atoms with E-state index in [1.165, 1.54) is 11.3 Å². The third kappa shape index (κ3) is 5.94. The van der Waals surface area contributed by atoms with Crippen LogP contribution in [0.1, 0.15) is 39.0 Å². The van der Waals surface area contributed by atoms with E-state index in [4.69, 9.17) is 0 Å². The minimum Gasteiger partial charge on any atom is -0.209 e. The maximum Gasteiger partial charge on any atom is 0.250 e. The lowest BCUT2D eigenvalue weighted by Crippen LogP contribution is -2.31. The van der Waals surface area contributed by atoms with Crippen molar-refractivity contribution in [2.24, 2.45) is 5.41 Å². The number of hydrogen-bond acceptors (Lipinski definition) is 3. The molecule has 19 heavy (non-hydrogen) atoms. The van der Waals surface area contributed by atoms with Gasteiger partial charge in [0.15, 0.2) is 0 Å². The molecule has 3 nitrogen and oxygen atoms in total. The minimum absolute atomic E-state index is 0.146. The van der Waals surface area contributed by atoms with Gasteiger partial charge in [-0.3, -0.25) is 0 Å². The highest BCUT2D eigenvalue weighted by Gasteiger charge is 2.21. The summed E-state index contributed by atoms with van der Waals surface area (Å²) in [5, 5.41) is 0. The summed E-state index contributed by atoms with van der Waals surface area (Å²) in [6.07, 6.45) is 1.78. The maximum atomic E-state index is 12.1. The summed E-state index contributed by atoms with van der Waals surface area (Å²) < 4.78 is 27.3. The summed E-state index contributed by atoms with van der Waals surface area (Å²) in [6, 6.07) is 3.55. The Kier molecular flexibility index (Phi) is 6.04. The van der Waals surface area contributed by atoms with E-state index in [1.54, 1.807) is 6.07 Å². The van der Waals surface area contributed by atoms with Crippen LogP contribution < -0.4 is 4.72 Å². The number of nitrogens with one attached hydrogen (secondary N) is 1. The first kappa shape index (κ1) is 17.1. The van der Waals surface area contributed by atoms with E-state index in [2.05, 4.69) is 41.4 Å². The lowest BCUT2D eigenvalue weighted by molar-refractivity contribution is 0.373. The summed E-state index contributed by atoms with van der Waals surface area (Å²) in [5.41, 5.74) is 0.178. The number of sulfonamides is 1. The van der Waals surface area contributed by atoms with E-state index >= 15 is 0 Å². The van der Waals surface area contributed by atoms with Gasteiger partial charge in [0.25, 0.3) is 0 Å². The van der Waals surface area contributed by atoms with Crippen molar-refractivity contribution in [2.75, 3.05) is 6.54 Å². The largest absolute Gasteiger partial charge is 0.250 e. The molecule has 0 saturated heterocycles. The molecule has 1 atom stereocenters. The fourth-order valence-electron chi connectivity index (χ4n) is 1.70. The van der Waals surface area contributed by atoms with Gasteiger partial charge >= 0.3 is 0 Å². The molecule has 1 unspecified atom stereocenters. The van der Waals surface area contributed by atoms with Crippen molar-refractivity contribution in [2.45, 2.75) is 49.6 Å². The van der Waals surface area contributed by atoms with Crippen LogP contribution in [0.3, 0.4) is 0 Å². The zero-order valence-electron chi connectivity index (χ0n) is 11.9. The molecule has 6 heteroatoms. The van der Waals surface area contributed by atoms with Gasteiger partial charge in [0.2, 0.25) is 10.0 Å². The molecule has 0 radical (unpaired) electrons. The van der Waals surface area contributed by atoms with Crippen molar-refractivity contribution in [3.63, 3.8) is 0 Å². The van der Waals surface area contributed by atoms with E-state index in [9.17, 15) is 8.42 Å². The molecule has 1 N–H and O–H groups in total. The maximum absolute atomic E-state index is 12.1. The highest BCUT2D eigenvalue weighted by atomic mass is 79.9. The van der Waals surface area contributed by atoms with E-state index < -0.39 is 10.0 Å². The van der Waals surface area contributed by atoms with Crippen LogP contribution in [0.5, 0.6) is 0 Å². The van der Waals surface area contributed by atoms with Gasteiger partial charge < -0.3 is 0 Å². The van der Waals surface area contributed by atoms with Crippen molar-refractivity contribution in [3.05, 3.63) is 17.0 Å². The second-order valence-corrected chi connectivity index (χ2v) is 10.2. The Balaban J connectivity index is 2.61. The van der Waals surface area contributed by atoms with Gasteiger partial charge in [-0.05, 0) is 30.4 Å². The van der Waals surface area contributed by atoms with Gasteiger partial charge in [-0.2, -0.15) is 0 Å². The third-order valence-corrected chi connectivity index (χ3v) is 6.37. The van der Waals surface area contributed by atoms with Gasteiger partial charge in [-0.1, -0.05) is 43.6 Å². The minimum atomic E-state index is -3.36. The van der Waals surface area contributed by atoms with Crippen molar-refractivity contribution in [3.8, 4) is 0 Å². The molecule has 110 valence electrons. The molecule has 0 aliphatic carbocycles. The second kappa shape index (κ2) is 6.70. The highest BCUT2D eigenvalue weighted by molar-refractivity contribution is 9.09. The van der Waals surface area contributed by atoms with Crippen LogP contribution in [0, 0.1) is 5.41 Å². The lowest BCUT2D eigenvalue weighted by Gasteiger charge is -2.22. The van der Waals surface area contributed by atoms with E-state index in [1.807, 2.05) is 13.0 Å². The Labute approximate surface area is 129 Å². The number of rotatable bonds is 6. The zero-order chi connectivity index (χ0) is 14.7. The molecule has 1 aromatic rings. The van der Waals surface area contributed by atoms with Crippen molar-refractivity contribution in [1.82, 2.24) is 4.72 Å². The highest BCUT2D eigenvalue weighted by Crippen LogP contribution is 2.25. The predicted molar refractivity (Wildman–Crippen MR) is 85.7 cm³/mol. The Bertz CT molecular complexity index is 503. The summed E-state index contributed by atoms with van der Waals surface area (Å²) in [4.78, 5) is 1.23. The second-order valence-electron chi connectivity index (χ2n) is 5.79. The van der Waals surface area contributed by atoms with Crippen LogP contribution in [0.25, 0.3) is 0 Å². The first-order chi connectivity index (χ1) is 8.64. The van der Waals surface area contributed by atoms with E-state index in [0.717, 1.165) is 17.7 Å². The molecular weight excluding hydrogens is 346 g/mol. The Hall–Kier alpha value is 0.0900. The molecule has 1 aromatic heterocycles. The number of halogens is 1. The fourth-order valence-corrected chi connectivity index (χ4v) is 5.47. The third-order valence-electron chi connectivity index (χ3n) is 2.58. The Morgan fingerprint density at radius 1 is 1.37 bits per heavy atom. The number of aryl methyl sites for hydroxylation is 1. The Morgan fingerprint density at radius 2 is 2.00 bits per heavy atom. The first-order valence-corrected chi connectivity index (χ1v) is 9.58. The monoisotopic (exact) mass is 367 g/mol. The van der Waals surface area contributed by atoms with Crippen LogP contribution in [0.4, 0.5) is 0 Å². The quantitative estimate of drug-likeness (QED) is 0.777. The average Bonchev–Trinajstić information content (AvgIpc) is 2.73. The molecule has 0 aliphatic rings. The van der Waals surface area contributed by atoms with Gasteiger partial charge in [0.05, 0.1) is 0 Å². The molecule has 0 spiro atoms. The molecule has 0 bridgehead atoms. The molecule has 1 heterocycles. The van der Waals surface area contributed by atoms with Gasteiger partial charge in [-0.25, -0.2) is 13.1 Å². The van der Waals surface area contributed by atoms with Crippen LogP contribution in [0.15, 0.2) is 16.3 Å². The number of alkyl halides is 1. The predicted octanol–water partition coefficient (Wildman–Crippen LogP) is 3.79. The van der Waals surface area contributed by atoms with Crippen LogP contribution >= 0.6 is 27.3 Å². The number of thiophene rings is 1. The van der Waals surface area contributed by atoms with Crippen molar-refractivity contribution < 1.29 is 8.42 Å². The molecule has 0 aliphatic heterocycles. The fraction of sp³-hybridized carbons (Fsp3) is 0.692. The standard InChI is InChI=1S/C13H22BrNO2S2/c1-5-11-6-7-12(18-11)19(16,17)15-9-10(14)8-13(2,3)4/h6-7,10,15H,5,8-9H2,1-4H3. The average molecular weight is 368 g/mol.